The topological polar surface area (TPSA) is 24.1 Å². The number of nitrogens with one attached hydrogen (secondary N) is 2. The largest absolute Gasteiger partial charge is 0.382 e. The SMILES string of the molecule is CCc1cccc(C)c1NC1CCCNCC1. The van der Waals surface area contributed by atoms with Crippen LogP contribution in [0.5, 0.6) is 0 Å². The Morgan fingerprint density at radius 2 is 2.18 bits per heavy atom. The van der Waals surface area contributed by atoms with Crippen molar-refractivity contribution in [1.82, 2.24) is 5.32 Å². The molecule has 2 N–H and O–H groups in total. The van der Waals surface area contributed by atoms with Gasteiger partial charge in [-0.15, -0.1) is 0 Å². The number of aryl methyl sites for hydroxylation is 2. The lowest BCUT2D eigenvalue weighted by atomic mass is 10.0. The summed E-state index contributed by atoms with van der Waals surface area (Å²) in [6, 6.07) is 7.24. The van der Waals surface area contributed by atoms with Gasteiger partial charge in [-0.3, -0.25) is 0 Å². The van der Waals surface area contributed by atoms with Gasteiger partial charge in [-0.1, -0.05) is 25.1 Å². The number of rotatable bonds is 3. The number of anilines is 1. The molecule has 17 heavy (non-hydrogen) atoms. The average Bonchev–Trinajstić information content (AvgIpc) is 2.60. The van der Waals surface area contributed by atoms with Gasteiger partial charge in [0.05, 0.1) is 0 Å². The van der Waals surface area contributed by atoms with Crippen LogP contribution in [0.25, 0.3) is 0 Å². The zero-order valence-corrected chi connectivity index (χ0v) is 11.1. The maximum atomic E-state index is 3.77. The maximum absolute atomic E-state index is 3.77. The summed E-state index contributed by atoms with van der Waals surface area (Å²) in [5, 5.41) is 7.23. The van der Waals surface area contributed by atoms with E-state index in [1.807, 2.05) is 0 Å². The van der Waals surface area contributed by atoms with Gasteiger partial charge in [0.2, 0.25) is 0 Å². The number of benzene rings is 1. The highest BCUT2D eigenvalue weighted by atomic mass is 15.0. The van der Waals surface area contributed by atoms with Gasteiger partial charge in [-0.25, -0.2) is 0 Å². The van der Waals surface area contributed by atoms with Crippen molar-refractivity contribution in [2.24, 2.45) is 0 Å². The van der Waals surface area contributed by atoms with Crippen LogP contribution in [0.4, 0.5) is 5.69 Å². The Morgan fingerprint density at radius 1 is 1.29 bits per heavy atom. The molecule has 1 unspecified atom stereocenters. The van der Waals surface area contributed by atoms with Gasteiger partial charge < -0.3 is 10.6 Å². The molecular weight excluding hydrogens is 208 g/mol. The molecule has 2 rings (SSSR count). The highest BCUT2D eigenvalue weighted by Crippen LogP contribution is 2.23. The molecule has 1 aliphatic rings. The van der Waals surface area contributed by atoms with Crippen LogP contribution < -0.4 is 10.6 Å². The Morgan fingerprint density at radius 3 is 3.00 bits per heavy atom. The minimum atomic E-state index is 0.636. The van der Waals surface area contributed by atoms with Crippen LogP contribution in [-0.2, 0) is 6.42 Å². The van der Waals surface area contributed by atoms with Crippen molar-refractivity contribution < 1.29 is 0 Å². The smallest absolute Gasteiger partial charge is 0.0404 e. The van der Waals surface area contributed by atoms with Gasteiger partial charge >= 0.3 is 0 Å². The molecule has 0 saturated carbocycles. The van der Waals surface area contributed by atoms with Crippen molar-refractivity contribution in [1.29, 1.82) is 0 Å². The second-order valence-corrected chi connectivity index (χ2v) is 4.98. The molecule has 1 aliphatic heterocycles. The molecule has 1 fully saturated rings. The Balaban J connectivity index is 2.11. The van der Waals surface area contributed by atoms with Gasteiger partial charge in [0, 0.05) is 11.7 Å². The molecule has 1 atom stereocenters. The Labute approximate surface area is 105 Å². The number of hydrogen-bond acceptors (Lipinski definition) is 2. The Bertz CT molecular complexity index is 352. The van der Waals surface area contributed by atoms with Crippen molar-refractivity contribution in [2.45, 2.75) is 45.6 Å². The second-order valence-electron chi connectivity index (χ2n) is 4.98. The van der Waals surface area contributed by atoms with E-state index in [-0.39, 0.29) is 0 Å². The fourth-order valence-corrected chi connectivity index (χ4v) is 2.60. The quantitative estimate of drug-likeness (QED) is 0.836. The zero-order valence-electron chi connectivity index (χ0n) is 11.1. The predicted octanol–water partition coefficient (Wildman–Crippen LogP) is 3.11. The lowest BCUT2D eigenvalue weighted by molar-refractivity contribution is 0.636. The van der Waals surface area contributed by atoms with E-state index in [4.69, 9.17) is 0 Å². The van der Waals surface area contributed by atoms with E-state index in [0.29, 0.717) is 6.04 Å². The van der Waals surface area contributed by atoms with Gasteiger partial charge in [0.1, 0.15) is 0 Å². The van der Waals surface area contributed by atoms with Crippen LogP contribution in [-0.4, -0.2) is 19.1 Å². The summed E-state index contributed by atoms with van der Waals surface area (Å²) in [7, 11) is 0. The molecule has 1 aromatic carbocycles. The van der Waals surface area contributed by atoms with Gasteiger partial charge in [-0.2, -0.15) is 0 Å². The molecule has 2 heteroatoms. The lowest BCUT2D eigenvalue weighted by Gasteiger charge is -2.21. The van der Waals surface area contributed by atoms with Crippen LogP contribution in [0.2, 0.25) is 0 Å². The fourth-order valence-electron chi connectivity index (χ4n) is 2.60. The minimum Gasteiger partial charge on any atom is -0.382 e. The van der Waals surface area contributed by atoms with E-state index in [1.165, 1.54) is 42.6 Å². The summed E-state index contributed by atoms with van der Waals surface area (Å²) < 4.78 is 0. The normalized spacial score (nSPS) is 20.9. The lowest BCUT2D eigenvalue weighted by Crippen LogP contribution is -2.22. The van der Waals surface area contributed by atoms with Gasteiger partial charge in [0.15, 0.2) is 0 Å². The first-order chi connectivity index (χ1) is 8.31. The minimum absolute atomic E-state index is 0.636. The molecule has 0 radical (unpaired) electrons. The third kappa shape index (κ3) is 3.22. The molecule has 0 spiro atoms. The van der Waals surface area contributed by atoms with E-state index in [0.717, 1.165) is 13.0 Å². The first kappa shape index (κ1) is 12.4. The molecule has 0 aliphatic carbocycles. The average molecular weight is 232 g/mol. The predicted molar refractivity (Wildman–Crippen MR) is 74.7 cm³/mol. The zero-order chi connectivity index (χ0) is 12.1. The Hall–Kier alpha value is -1.02. The fraction of sp³-hybridized carbons (Fsp3) is 0.600. The van der Waals surface area contributed by atoms with Crippen molar-refractivity contribution >= 4 is 5.69 Å². The highest BCUT2D eigenvalue weighted by Gasteiger charge is 2.13. The summed E-state index contributed by atoms with van der Waals surface area (Å²) in [4.78, 5) is 0. The van der Waals surface area contributed by atoms with Crippen LogP contribution >= 0.6 is 0 Å². The monoisotopic (exact) mass is 232 g/mol. The Kier molecular flexibility index (Phi) is 4.43. The molecular formula is C15H24N2. The highest BCUT2D eigenvalue weighted by molar-refractivity contribution is 5.57. The molecule has 0 bridgehead atoms. The van der Waals surface area contributed by atoms with Crippen molar-refractivity contribution in [2.75, 3.05) is 18.4 Å². The van der Waals surface area contributed by atoms with Crippen LogP contribution in [0.1, 0.15) is 37.3 Å². The van der Waals surface area contributed by atoms with E-state index in [1.54, 1.807) is 0 Å². The standard InChI is InChI=1S/C15H24N2/c1-3-13-7-4-6-12(2)15(13)17-14-8-5-10-16-11-9-14/h4,6-7,14,16-17H,3,5,8-11H2,1-2H3. The van der Waals surface area contributed by atoms with E-state index in [2.05, 4.69) is 42.7 Å². The van der Waals surface area contributed by atoms with Crippen molar-refractivity contribution in [3.8, 4) is 0 Å². The number of para-hydroxylation sites is 1. The molecule has 0 amide bonds. The summed E-state index contributed by atoms with van der Waals surface area (Å²) >= 11 is 0. The van der Waals surface area contributed by atoms with Crippen LogP contribution in [0.3, 0.4) is 0 Å². The van der Waals surface area contributed by atoms with Crippen molar-refractivity contribution in [3.05, 3.63) is 29.3 Å². The first-order valence-electron chi connectivity index (χ1n) is 6.87. The first-order valence-corrected chi connectivity index (χ1v) is 6.87. The summed E-state index contributed by atoms with van der Waals surface area (Å²) in [5.41, 5.74) is 4.20. The number of hydrogen-bond donors (Lipinski definition) is 2. The third-order valence-corrected chi connectivity index (χ3v) is 3.66. The van der Waals surface area contributed by atoms with Crippen molar-refractivity contribution in [3.63, 3.8) is 0 Å². The van der Waals surface area contributed by atoms with Gasteiger partial charge in [-0.05, 0) is 56.8 Å². The molecule has 2 nitrogen and oxygen atoms in total. The molecule has 1 aromatic rings. The summed E-state index contributed by atoms with van der Waals surface area (Å²) in [5.74, 6) is 0. The summed E-state index contributed by atoms with van der Waals surface area (Å²) in [6.07, 6.45) is 4.90. The van der Waals surface area contributed by atoms with E-state index in [9.17, 15) is 0 Å². The van der Waals surface area contributed by atoms with E-state index < -0.39 is 0 Å². The van der Waals surface area contributed by atoms with Gasteiger partial charge in [0.25, 0.3) is 0 Å². The third-order valence-electron chi connectivity index (χ3n) is 3.66. The maximum Gasteiger partial charge on any atom is 0.0404 e. The summed E-state index contributed by atoms with van der Waals surface area (Å²) in [6.45, 7) is 6.75. The molecule has 0 aromatic heterocycles. The van der Waals surface area contributed by atoms with E-state index >= 15 is 0 Å². The molecule has 94 valence electrons. The van der Waals surface area contributed by atoms with Crippen LogP contribution in [0, 0.1) is 6.92 Å². The second kappa shape index (κ2) is 6.06. The molecule has 1 saturated heterocycles. The van der Waals surface area contributed by atoms with Crippen LogP contribution in [0.15, 0.2) is 18.2 Å². The molecule has 1 heterocycles.